The first kappa shape index (κ1) is 12.4. The molecule has 17 heavy (non-hydrogen) atoms. The van der Waals surface area contributed by atoms with Crippen molar-refractivity contribution >= 4 is 0 Å². The van der Waals surface area contributed by atoms with Gasteiger partial charge in [-0.1, -0.05) is 25.1 Å². The van der Waals surface area contributed by atoms with Crippen molar-refractivity contribution in [3.05, 3.63) is 29.8 Å². The van der Waals surface area contributed by atoms with E-state index in [1.807, 2.05) is 12.1 Å². The van der Waals surface area contributed by atoms with Crippen molar-refractivity contribution in [1.82, 2.24) is 5.32 Å². The van der Waals surface area contributed by atoms with Gasteiger partial charge in [0, 0.05) is 17.6 Å². The standard InChI is InChI=1S/C15H23NO/c1-4-14(12-9-10-12)16-11(2)13-7-5-6-8-15(13)17-3/h5-8,11-12,14,16H,4,9-10H2,1-3H3. The molecule has 0 bridgehead atoms. The molecule has 0 spiro atoms. The number of hydrogen-bond donors (Lipinski definition) is 1. The van der Waals surface area contributed by atoms with Crippen LogP contribution in [0.5, 0.6) is 5.75 Å². The lowest BCUT2D eigenvalue weighted by Gasteiger charge is -2.23. The van der Waals surface area contributed by atoms with E-state index in [2.05, 4.69) is 31.3 Å². The minimum absolute atomic E-state index is 0.358. The fraction of sp³-hybridized carbons (Fsp3) is 0.600. The molecular formula is C15H23NO. The molecule has 0 amide bonds. The van der Waals surface area contributed by atoms with Gasteiger partial charge in [0.1, 0.15) is 5.75 Å². The van der Waals surface area contributed by atoms with Crippen LogP contribution in [0.15, 0.2) is 24.3 Å². The molecule has 0 aliphatic heterocycles. The largest absolute Gasteiger partial charge is 0.496 e. The summed E-state index contributed by atoms with van der Waals surface area (Å²) in [6.45, 7) is 4.49. The van der Waals surface area contributed by atoms with E-state index < -0.39 is 0 Å². The molecule has 0 heterocycles. The van der Waals surface area contributed by atoms with Gasteiger partial charge >= 0.3 is 0 Å². The lowest BCUT2D eigenvalue weighted by atomic mass is 10.0. The maximum Gasteiger partial charge on any atom is 0.123 e. The van der Waals surface area contributed by atoms with Gasteiger partial charge in [0.05, 0.1) is 7.11 Å². The molecule has 0 radical (unpaired) electrons. The summed E-state index contributed by atoms with van der Waals surface area (Å²) < 4.78 is 5.42. The van der Waals surface area contributed by atoms with E-state index in [1.165, 1.54) is 24.8 Å². The fourth-order valence-electron chi connectivity index (χ4n) is 2.52. The maximum absolute atomic E-state index is 5.42. The molecule has 94 valence electrons. The Labute approximate surface area is 104 Å². The molecule has 0 saturated heterocycles. The van der Waals surface area contributed by atoms with E-state index >= 15 is 0 Å². The number of para-hydroxylation sites is 1. The van der Waals surface area contributed by atoms with Gasteiger partial charge in [-0.2, -0.15) is 0 Å². The normalized spacial score (nSPS) is 18.8. The number of nitrogens with one attached hydrogen (secondary N) is 1. The summed E-state index contributed by atoms with van der Waals surface area (Å²) in [7, 11) is 1.74. The Morgan fingerprint density at radius 1 is 1.35 bits per heavy atom. The first-order valence-corrected chi connectivity index (χ1v) is 6.65. The third kappa shape index (κ3) is 3.01. The van der Waals surface area contributed by atoms with Gasteiger partial charge in [-0.25, -0.2) is 0 Å². The van der Waals surface area contributed by atoms with Crippen LogP contribution in [0.4, 0.5) is 0 Å². The van der Waals surface area contributed by atoms with Gasteiger partial charge in [0.25, 0.3) is 0 Å². The molecule has 1 fully saturated rings. The minimum atomic E-state index is 0.358. The van der Waals surface area contributed by atoms with Gasteiger partial charge < -0.3 is 10.1 Å². The predicted octanol–water partition coefficient (Wildman–Crippen LogP) is 3.53. The first-order chi connectivity index (χ1) is 8.26. The molecule has 2 atom stereocenters. The Balaban J connectivity index is 2.04. The summed E-state index contributed by atoms with van der Waals surface area (Å²) in [5, 5.41) is 3.74. The number of methoxy groups -OCH3 is 1. The molecular weight excluding hydrogens is 210 g/mol. The van der Waals surface area contributed by atoms with E-state index in [4.69, 9.17) is 4.74 Å². The summed E-state index contributed by atoms with van der Waals surface area (Å²) in [5.74, 6) is 1.88. The zero-order valence-corrected chi connectivity index (χ0v) is 11.1. The summed E-state index contributed by atoms with van der Waals surface area (Å²) in [6, 6.07) is 9.30. The Morgan fingerprint density at radius 2 is 2.06 bits per heavy atom. The van der Waals surface area contributed by atoms with E-state index in [-0.39, 0.29) is 0 Å². The quantitative estimate of drug-likeness (QED) is 0.811. The zero-order valence-electron chi connectivity index (χ0n) is 11.1. The second-order valence-corrected chi connectivity index (χ2v) is 4.98. The average Bonchev–Trinajstić information content (AvgIpc) is 3.19. The van der Waals surface area contributed by atoms with Crippen LogP contribution in [-0.4, -0.2) is 13.2 Å². The van der Waals surface area contributed by atoms with Crippen molar-refractivity contribution < 1.29 is 4.74 Å². The van der Waals surface area contributed by atoms with Gasteiger partial charge in [0.2, 0.25) is 0 Å². The Kier molecular flexibility index (Phi) is 4.06. The van der Waals surface area contributed by atoms with Crippen molar-refractivity contribution in [2.24, 2.45) is 5.92 Å². The van der Waals surface area contributed by atoms with Crippen molar-refractivity contribution in [3.63, 3.8) is 0 Å². The lowest BCUT2D eigenvalue weighted by molar-refractivity contribution is 0.377. The van der Waals surface area contributed by atoms with Crippen LogP contribution in [0.25, 0.3) is 0 Å². The van der Waals surface area contributed by atoms with Crippen molar-refractivity contribution in [1.29, 1.82) is 0 Å². The van der Waals surface area contributed by atoms with E-state index in [0.29, 0.717) is 12.1 Å². The first-order valence-electron chi connectivity index (χ1n) is 6.65. The maximum atomic E-state index is 5.42. The summed E-state index contributed by atoms with van der Waals surface area (Å²) in [4.78, 5) is 0. The van der Waals surface area contributed by atoms with Gasteiger partial charge in [-0.15, -0.1) is 0 Å². The van der Waals surface area contributed by atoms with Gasteiger partial charge in [0.15, 0.2) is 0 Å². The molecule has 1 saturated carbocycles. The van der Waals surface area contributed by atoms with E-state index in [1.54, 1.807) is 7.11 Å². The topological polar surface area (TPSA) is 21.3 Å². The molecule has 2 unspecified atom stereocenters. The van der Waals surface area contributed by atoms with Crippen LogP contribution in [-0.2, 0) is 0 Å². The van der Waals surface area contributed by atoms with Gasteiger partial charge in [-0.05, 0) is 38.2 Å². The molecule has 1 N–H and O–H groups in total. The third-order valence-corrected chi connectivity index (χ3v) is 3.70. The smallest absolute Gasteiger partial charge is 0.123 e. The Morgan fingerprint density at radius 3 is 2.65 bits per heavy atom. The molecule has 2 nitrogen and oxygen atoms in total. The molecule has 1 aliphatic carbocycles. The molecule has 1 aromatic rings. The van der Waals surface area contributed by atoms with Crippen LogP contribution >= 0.6 is 0 Å². The average molecular weight is 233 g/mol. The fourth-order valence-corrected chi connectivity index (χ4v) is 2.52. The highest BCUT2D eigenvalue weighted by Crippen LogP contribution is 2.35. The number of rotatable bonds is 6. The summed E-state index contributed by atoms with van der Waals surface area (Å²) >= 11 is 0. The van der Waals surface area contributed by atoms with Crippen molar-refractivity contribution in [3.8, 4) is 5.75 Å². The lowest BCUT2D eigenvalue weighted by Crippen LogP contribution is -2.32. The van der Waals surface area contributed by atoms with Crippen LogP contribution < -0.4 is 10.1 Å². The highest BCUT2D eigenvalue weighted by molar-refractivity contribution is 5.35. The highest BCUT2D eigenvalue weighted by atomic mass is 16.5. The molecule has 0 aromatic heterocycles. The second kappa shape index (κ2) is 5.54. The SMILES string of the molecule is CCC(NC(C)c1ccccc1OC)C1CC1. The van der Waals surface area contributed by atoms with Crippen molar-refractivity contribution in [2.45, 2.75) is 45.2 Å². The van der Waals surface area contributed by atoms with Crippen LogP contribution in [0.3, 0.4) is 0 Å². The summed E-state index contributed by atoms with van der Waals surface area (Å²) in [6.07, 6.45) is 4.00. The highest BCUT2D eigenvalue weighted by Gasteiger charge is 2.30. The van der Waals surface area contributed by atoms with E-state index in [9.17, 15) is 0 Å². The molecule has 1 aromatic carbocycles. The van der Waals surface area contributed by atoms with Crippen LogP contribution in [0, 0.1) is 5.92 Å². The second-order valence-electron chi connectivity index (χ2n) is 4.98. The summed E-state index contributed by atoms with van der Waals surface area (Å²) in [5.41, 5.74) is 1.26. The number of hydrogen-bond acceptors (Lipinski definition) is 2. The zero-order chi connectivity index (χ0) is 12.3. The van der Waals surface area contributed by atoms with Crippen LogP contribution in [0.2, 0.25) is 0 Å². The minimum Gasteiger partial charge on any atom is -0.496 e. The molecule has 1 aliphatic rings. The van der Waals surface area contributed by atoms with E-state index in [0.717, 1.165) is 11.7 Å². The Bertz CT molecular complexity index is 360. The van der Waals surface area contributed by atoms with Crippen LogP contribution in [0.1, 0.15) is 44.7 Å². The van der Waals surface area contributed by atoms with Gasteiger partial charge in [-0.3, -0.25) is 0 Å². The number of benzene rings is 1. The third-order valence-electron chi connectivity index (χ3n) is 3.70. The number of ether oxygens (including phenoxy) is 1. The Hall–Kier alpha value is -1.02. The monoisotopic (exact) mass is 233 g/mol. The predicted molar refractivity (Wildman–Crippen MR) is 71.3 cm³/mol. The van der Waals surface area contributed by atoms with Crippen molar-refractivity contribution in [2.75, 3.05) is 7.11 Å². The molecule has 2 rings (SSSR count). The molecule has 2 heteroatoms.